The third-order valence-electron chi connectivity index (χ3n) is 2.59. The maximum atomic E-state index is 5.63. The molecule has 1 N–H and O–H groups in total. The van der Waals surface area contributed by atoms with E-state index in [9.17, 15) is 0 Å². The summed E-state index contributed by atoms with van der Waals surface area (Å²) in [6, 6.07) is 0. The lowest BCUT2D eigenvalue weighted by atomic mass is 10.00. The summed E-state index contributed by atoms with van der Waals surface area (Å²) in [6.45, 7) is 3.82. The Bertz CT molecular complexity index is 112. The molecule has 2 heterocycles. The predicted molar refractivity (Wildman–Crippen MR) is 45.9 cm³/mol. The molecule has 2 saturated heterocycles. The van der Waals surface area contributed by atoms with Gasteiger partial charge in [-0.05, 0) is 25.8 Å². The maximum Gasteiger partial charge on any atom is 0.113 e. The molecule has 0 aromatic carbocycles. The average molecular weight is 171 g/mol. The van der Waals surface area contributed by atoms with E-state index >= 15 is 0 Å². The van der Waals surface area contributed by atoms with Gasteiger partial charge in [0.25, 0.3) is 0 Å². The molecule has 0 aromatic heterocycles. The summed E-state index contributed by atoms with van der Waals surface area (Å²) in [5.74, 6) is 0.582. The van der Waals surface area contributed by atoms with E-state index in [1.165, 1.54) is 12.8 Å². The molecular formula is C9H17NO2. The van der Waals surface area contributed by atoms with Gasteiger partial charge >= 0.3 is 0 Å². The van der Waals surface area contributed by atoms with Gasteiger partial charge in [0, 0.05) is 19.1 Å². The molecule has 12 heavy (non-hydrogen) atoms. The summed E-state index contributed by atoms with van der Waals surface area (Å²) in [7, 11) is 0. The Labute approximate surface area is 73.4 Å². The van der Waals surface area contributed by atoms with Crippen molar-refractivity contribution in [1.82, 2.24) is 5.32 Å². The molecule has 0 bridgehead atoms. The van der Waals surface area contributed by atoms with Crippen molar-refractivity contribution in [1.29, 1.82) is 0 Å². The highest BCUT2D eigenvalue weighted by molar-refractivity contribution is 4.73. The van der Waals surface area contributed by atoms with Crippen molar-refractivity contribution in [2.45, 2.75) is 25.5 Å². The zero-order valence-electron chi connectivity index (χ0n) is 7.42. The Hall–Kier alpha value is -0.120. The summed E-state index contributed by atoms with van der Waals surface area (Å²) in [5.41, 5.74) is 0. The normalized spacial score (nSPS) is 38.0. The minimum Gasteiger partial charge on any atom is -0.381 e. The minimum absolute atomic E-state index is 0.263. The van der Waals surface area contributed by atoms with E-state index in [1.54, 1.807) is 0 Å². The van der Waals surface area contributed by atoms with Crippen molar-refractivity contribution in [3.63, 3.8) is 0 Å². The van der Waals surface area contributed by atoms with E-state index in [0.717, 1.165) is 32.8 Å². The fourth-order valence-electron chi connectivity index (χ4n) is 1.89. The molecule has 0 aliphatic carbocycles. The van der Waals surface area contributed by atoms with Crippen molar-refractivity contribution < 1.29 is 9.47 Å². The second-order valence-corrected chi connectivity index (χ2v) is 3.58. The van der Waals surface area contributed by atoms with Crippen LogP contribution in [0.25, 0.3) is 0 Å². The highest BCUT2D eigenvalue weighted by atomic mass is 16.5. The van der Waals surface area contributed by atoms with Gasteiger partial charge in [-0.15, -0.1) is 0 Å². The standard InChI is InChI=1S/C9H17NO2/c1-3-8(7-11-5-1)9-10-4-2-6-12-9/h8-10H,1-7H2. The van der Waals surface area contributed by atoms with Crippen LogP contribution >= 0.6 is 0 Å². The lowest BCUT2D eigenvalue weighted by Gasteiger charge is -2.33. The monoisotopic (exact) mass is 171 g/mol. The molecule has 0 aromatic rings. The molecule has 2 rings (SSSR count). The van der Waals surface area contributed by atoms with Gasteiger partial charge < -0.3 is 9.47 Å². The summed E-state index contributed by atoms with van der Waals surface area (Å²) >= 11 is 0. The molecule has 0 spiro atoms. The van der Waals surface area contributed by atoms with Crippen LogP contribution < -0.4 is 5.32 Å². The average Bonchev–Trinajstić information content (AvgIpc) is 2.21. The Morgan fingerprint density at radius 3 is 2.83 bits per heavy atom. The van der Waals surface area contributed by atoms with Crippen molar-refractivity contribution >= 4 is 0 Å². The Kier molecular flexibility index (Phi) is 2.98. The maximum absolute atomic E-state index is 5.63. The highest BCUT2D eigenvalue weighted by Gasteiger charge is 2.25. The fourth-order valence-corrected chi connectivity index (χ4v) is 1.89. The highest BCUT2D eigenvalue weighted by Crippen LogP contribution is 2.19. The van der Waals surface area contributed by atoms with Gasteiger partial charge in [-0.3, -0.25) is 5.32 Å². The van der Waals surface area contributed by atoms with Gasteiger partial charge in [-0.2, -0.15) is 0 Å². The van der Waals surface area contributed by atoms with E-state index in [0.29, 0.717) is 5.92 Å². The third-order valence-corrected chi connectivity index (χ3v) is 2.59. The fraction of sp³-hybridized carbons (Fsp3) is 1.00. The lowest BCUT2D eigenvalue weighted by Crippen LogP contribution is -2.46. The van der Waals surface area contributed by atoms with Crippen LogP contribution in [-0.4, -0.2) is 32.6 Å². The van der Waals surface area contributed by atoms with Crippen LogP contribution in [0.3, 0.4) is 0 Å². The van der Waals surface area contributed by atoms with Crippen molar-refractivity contribution in [2.75, 3.05) is 26.4 Å². The van der Waals surface area contributed by atoms with Crippen molar-refractivity contribution in [3.05, 3.63) is 0 Å². The van der Waals surface area contributed by atoms with Crippen LogP contribution in [0.15, 0.2) is 0 Å². The van der Waals surface area contributed by atoms with Crippen LogP contribution in [0.4, 0.5) is 0 Å². The van der Waals surface area contributed by atoms with Gasteiger partial charge in [0.05, 0.1) is 6.61 Å². The zero-order chi connectivity index (χ0) is 8.23. The first kappa shape index (κ1) is 8.48. The first-order valence-electron chi connectivity index (χ1n) is 4.89. The topological polar surface area (TPSA) is 30.5 Å². The van der Waals surface area contributed by atoms with E-state index < -0.39 is 0 Å². The molecular weight excluding hydrogens is 154 g/mol. The molecule has 2 aliphatic rings. The number of hydrogen-bond acceptors (Lipinski definition) is 3. The number of hydrogen-bond donors (Lipinski definition) is 1. The first-order valence-corrected chi connectivity index (χ1v) is 4.89. The second kappa shape index (κ2) is 4.21. The van der Waals surface area contributed by atoms with Crippen LogP contribution in [0.2, 0.25) is 0 Å². The SMILES string of the molecule is C1CNC(C2CCCOC2)OC1. The number of ether oxygens (including phenoxy) is 2. The van der Waals surface area contributed by atoms with E-state index in [2.05, 4.69) is 5.32 Å². The summed E-state index contributed by atoms with van der Waals surface area (Å²) in [5, 5.41) is 3.39. The smallest absolute Gasteiger partial charge is 0.113 e. The summed E-state index contributed by atoms with van der Waals surface area (Å²) < 4.78 is 11.0. The van der Waals surface area contributed by atoms with Crippen LogP contribution in [0.1, 0.15) is 19.3 Å². The van der Waals surface area contributed by atoms with Crippen LogP contribution in [-0.2, 0) is 9.47 Å². The molecule has 0 saturated carbocycles. The van der Waals surface area contributed by atoms with E-state index in [1.807, 2.05) is 0 Å². The second-order valence-electron chi connectivity index (χ2n) is 3.58. The third kappa shape index (κ3) is 1.97. The minimum atomic E-state index is 0.263. The molecule has 0 radical (unpaired) electrons. The zero-order valence-corrected chi connectivity index (χ0v) is 7.42. The van der Waals surface area contributed by atoms with E-state index in [-0.39, 0.29) is 6.23 Å². The molecule has 70 valence electrons. The quantitative estimate of drug-likeness (QED) is 0.631. The Morgan fingerprint density at radius 2 is 2.17 bits per heavy atom. The molecule has 3 heteroatoms. The molecule has 2 fully saturated rings. The largest absolute Gasteiger partial charge is 0.381 e. The summed E-state index contributed by atoms with van der Waals surface area (Å²) in [6.07, 6.45) is 3.84. The molecule has 2 atom stereocenters. The first-order chi connectivity index (χ1) is 5.97. The molecule has 2 aliphatic heterocycles. The Balaban J connectivity index is 1.80. The van der Waals surface area contributed by atoms with Crippen molar-refractivity contribution in [2.24, 2.45) is 5.92 Å². The lowest BCUT2D eigenvalue weighted by molar-refractivity contribution is -0.0781. The summed E-state index contributed by atoms with van der Waals surface area (Å²) in [4.78, 5) is 0. The number of rotatable bonds is 1. The van der Waals surface area contributed by atoms with Crippen molar-refractivity contribution in [3.8, 4) is 0 Å². The predicted octanol–water partition coefficient (Wildman–Crippen LogP) is 0.749. The van der Waals surface area contributed by atoms with Gasteiger partial charge in [-0.25, -0.2) is 0 Å². The van der Waals surface area contributed by atoms with Gasteiger partial charge in [0.15, 0.2) is 0 Å². The number of nitrogens with one attached hydrogen (secondary N) is 1. The molecule has 3 nitrogen and oxygen atoms in total. The van der Waals surface area contributed by atoms with Gasteiger partial charge in [0.1, 0.15) is 6.23 Å². The van der Waals surface area contributed by atoms with Gasteiger partial charge in [-0.1, -0.05) is 0 Å². The molecule has 0 amide bonds. The Morgan fingerprint density at radius 1 is 1.17 bits per heavy atom. The molecule has 2 unspecified atom stereocenters. The van der Waals surface area contributed by atoms with E-state index in [4.69, 9.17) is 9.47 Å². The van der Waals surface area contributed by atoms with Crippen LogP contribution in [0.5, 0.6) is 0 Å². The van der Waals surface area contributed by atoms with Gasteiger partial charge in [0.2, 0.25) is 0 Å². The van der Waals surface area contributed by atoms with Crippen LogP contribution in [0, 0.1) is 5.92 Å².